The van der Waals surface area contributed by atoms with Crippen LogP contribution >= 0.6 is 23.1 Å². The zero-order valence-corrected chi connectivity index (χ0v) is 16.3. The van der Waals surface area contributed by atoms with Crippen molar-refractivity contribution < 1.29 is 14.3 Å². The van der Waals surface area contributed by atoms with E-state index in [1.165, 1.54) is 16.9 Å². The molecule has 0 bridgehead atoms. The number of hydrogen-bond donors (Lipinski definition) is 1. The van der Waals surface area contributed by atoms with Crippen LogP contribution in [-0.4, -0.2) is 30.5 Å². The van der Waals surface area contributed by atoms with Crippen LogP contribution in [0.2, 0.25) is 0 Å². The molecule has 1 heterocycles. The number of carbonyl (C=O) groups is 2. The molecule has 1 N–H and O–H groups in total. The molecule has 0 fully saturated rings. The lowest BCUT2D eigenvalue weighted by Crippen LogP contribution is -2.14. The Bertz CT molecular complexity index is 713. The van der Waals surface area contributed by atoms with E-state index >= 15 is 0 Å². The molecule has 6 heteroatoms. The van der Waals surface area contributed by atoms with Crippen LogP contribution in [0.1, 0.15) is 47.0 Å². The Hall–Kier alpha value is -1.79. The molecule has 1 unspecified atom stereocenters. The largest absolute Gasteiger partial charge is 0.462 e. The highest BCUT2D eigenvalue weighted by molar-refractivity contribution is 7.98. The first kappa shape index (κ1) is 19.5. The van der Waals surface area contributed by atoms with Crippen LogP contribution in [0.15, 0.2) is 36.4 Å². The van der Waals surface area contributed by atoms with Gasteiger partial charge in [-0.1, -0.05) is 37.3 Å². The molecule has 0 saturated heterocycles. The molecule has 2 aromatic rings. The van der Waals surface area contributed by atoms with Crippen LogP contribution in [0.5, 0.6) is 0 Å². The van der Waals surface area contributed by atoms with Crippen molar-refractivity contribution in [2.45, 2.75) is 26.2 Å². The molecular weight excluding hydrogens is 354 g/mol. The number of ether oxygens (including phenoxy) is 1. The molecule has 0 saturated carbocycles. The zero-order valence-electron chi connectivity index (χ0n) is 14.7. The van der Waals surface area contributed by atoms with Crippen LogP contribution in [-0.2, 0) is 9.53 Å². The van der Waals surface area contributed by atoms with Gasteiger partial charge in [0.2, 0.25) is 5.91 Å². The summed E-state index contributed by atoms with van der Waals surface area (Å²) >= 11 is 3.06. The van der Waals surface area contributed by atoms with Gasteiger partial charge < -0.3 is 10.1 Å². The van der Waals surface area contributed by atoms with Crippen molar-refractivity contribution in [1.29, 1.82) is 0 Å². The van der Waals surface area contributed by atoms with Gasteiger partial charge in [0.1, 0.15) is 5.00 Å². The summed E-state index contributed by atoms with van der Waals surface area (Å²) < 4.78 is 5.14. The third kappa shape index (κ3) is 5.34. The van der Waals surface area contributed by atoms with Gasteiger partial charge in [0, 0.05) is 23.0 Å². The summed E-state index contributed by atoms with van der Waals surface area (Å²) in [7, 11) is 0. The Morgan fingerprint density at radius 1 is 1.28 bits per heavy atom. The van der Waals surface area contributed by atoms with E-state index in [-0.39, 0.29) is 11.8 Å². The molecule has 134 valence electrons. The summed E-state index contributed by atoms with van der Waals surface area (Å²) in [6.45, 7) is 4.17. The first-order chi connectivity index (χ1) is 12.1. The van der Waals surface area contributed by atoms with Gasteiger partial charge in [-0.25, -0.2) is 4.79 Å². The van der Waals surface area contributed by atoms with Crippen molar-refractivity contribution in [1.82, 2.24) is 0 Å². The molecular formula is C19H23NO3S2. The molecule has 2 rings (SSSR count). The average molecular weight is 378 g/mol. The van der Waals surface area contributed by atoms with E-state index in [9.17, 15) is 9.59 Å². The lowest BCUT2D eigenvalue weighted by molar-refractivity contribution is -0.115. The predicted octanol–water partition coefficient (Wildman–Crippen LogP) is 4.77. The molecule has 0 aliphatic rings. The maximum atomic E-state index is 12.3. The van der Waals surface area contributed by atoms with Gasteiger partial charge in [-0.05, 0) is 24.8 Å². The number of thiophene rings is 1. The summed E-state index contributed by atoms with van der Waals surface area (Å²) in [5.41, 5.74) is 1.60. The normalized spacial score (nSPS) is 11.8. The molecule has 0 aliphatic heterocycles. The molecule has 1 atom stereocenters. The van der Waals surface area contributed by atoms with Crippen LogP contribution in [0.4, 0.5) is 5.00 Å². The Balaban J connectivity index is 2.28. The van der Waals surface area contributed by atoms with Gasteiger partial charge in [0.15, 0.2) is 0 Å². The minimum atomic E-state index is -0.398. The first-order valence-corrected chi connectivity index (χ1v) is 10.4. The molecule has 1 aromatic heterocycles. The van der Waals surface area contributed by atoms with E-state index in [0.29, 0.717) is 23.6 Å². The Labute approximate surface area is 157 Å². The molecule has 1 aromatic carbocycles. The highest BCUT2D eigenvalue weighted by Gasteiger charge is 2.22. The van der Waals surface area contributed by atoms with Gasteiger partial charge in [-0.15, -0.1) is 11.3 Å². The minimum Gasteiger partial charge on any atom is -0.462 e. The van der Waals surface area contributed by atoms with E-state index in [4.69, 9.17) is 4.74 Å². The summed E-state index contributed by atoms with van der Waals surface area (Å²) in [6.07, 6.45) is 2.38. The van der Waals surface area contributed by atoms with Crippen molar-refractivity contribution >= 4 is 40.0 Å². The van der Waals surface area contributed by atoms with Crippen LogP contribution in [0, 0.1) is 0 Å². The summed E-state index contributed by atoms with van der Waals surface area (Å²) in [4.78, 5) is 25.4. The second-order valence-corrected chi connectivity index (χ2v) is 7.60. The molecule has 0 spiro atoms. The lowest BCUT2D eigenvalue weighted by atomic mass is 9.99. The van der Waals surface area contributed by atoms with E-state index in [1.807, 2.05) is 30.5 Å². The number of carbonyl (C=O) groups excluding carboxylic acids is 2. The minimum absolute atomic E-state index is 0.0827. The molecule has 0 radical (unpaired) electrons. The van der Waals surface area contributed by atoms with E-state index in [0.717, 1.165) is 10.6 Å². The van der Waals surface area contributed by atoms with E-state index < -0.39 is 5.97 Å². The maximum absolute atomic E-state index is 12.3. The van der Waals surface area contributed by atoms with Gasteiger partial charge >= 0.3 is 5.97 Å². The van der Waals surface area contributed by atoms with Crippen molar-refractivity contribution in [2.24, 2.45) is 0 Å². The summed E-state index contributed by atoms with van der Waals surface area (Å²) in [6, 6.07) is 11.9. The van der Waals surface area contributed by atoms with Crippen LogP contribution in [0.25, 0.3) is 0 Å². The number of nitrogens with one attached hydrogen (secondary N) is 1. The van der Waals surface area contributed by atoms with Crippen LogP contribution < -0.4 is 5.32 Å². The Morgan fingerprint density at radius 3 is 2.64 bits per heavy atom. The number of amides is 1. The Morgan fingerprint density at radius 2 is 2.00 bits per heavy atom. The number of thioether (sulfide) groups is 1. The summed E-state index contributed by atoms with van der Waals surface area (Å²) in [5.74, 6) is 0.404. The van der Waals surface area contributed by atoms with Crippen molar-refractivity contribution in [3.63, 3.8) is 0 Å². The fraction of sp³-hybridized carbons (Fsp3) is 0.368. The molecule has 4 nitrogen and oxygen atoms in total. The number of anilines is 1. The van der Waals surface area contributed by atoms with Crippen molar-refractivity contribution in [2.75, 3.05) is 23.9 Å². The van der Waals surface area contributed by atoms with Gasteiger partial charge in [-0.3, -0.25) is 4.79 Å². The zero-order chi connectivity index (χ0) is 18.2. The topological polar surface area (TPSA) is 55.4 Å². The second kappa shape index (κ2) is 9.63. The molecule has 0 aliphatic carbocycles. The SMILES string of the molecule is CCOC(=O)c1cc(C(C)c2ccccc2)sc1NC(=O)CCSC. The summed E-state index contributed by atoms with van der Waals surface area (Å²) in [5, 5.41) is 3.45. The fourth-order valence-electron chi connectivity index (χ4n) is 2.37. The van der Waals surface area contributed by atoms with E-state index in [1.54, 1.807) is 18.7 Å². The Kier molecular flexibility index (Phi) is 7.52. The number of rotatable bonds is 8. The average Bonchev–Trinajstić information content (AvgIpc) is 3.04. The standard InChI is InChI=1S/C19H23NO3S2/c1-4-23-19(22)15-12-16(13(2)14-8-6-5-7-9-14)25-18(15)20-17(21)10-11-24-3/h5-9,12-13H,4,10-11H2,1-3H3,(H,20,21). The number of esters is 1. The van der Waals surface area contributed by atoms with E-state index in [2.05, 4.69) is 24.4 Å². The molecule has 1 amide bonds. The van der Waals surface area contributed by atoms with Gasteiger partial charge in [-0.2, -0.15) is 11.8 Å². The maximum Gasteiger partial charge on any atom is 0.341 e. The third-order valence-corrected chi connectivity index (χ3v) is 5.60. The van der Waals surface area contributed by atoms with Gasteiger partial charge in [0.05, 0.1) is 12.2 Å². The highest BCUT2D eigenvalue weighted by Crippen LogP contribution is 2.36. The second-order valence-electron chi connectivity index (χ2n) is 5.54. The van der Waals surface area contributed by atoms with Crippen molar-refractivity contribution in [3.8, 4) is 0 Å². The monoisotopic (exact) mass is 377 g/mol. The van der Waals surface area contributed by atoms with Crippen molar-refractivity contribution in [3.05, 3.63) is 52.4 Å². The quantitative estimate of drug-likeness (QED) is 0.673. The lowest BCUT2D eigenvalue weighted by Gasteiger charge is -2.09. The van der Waals surface area contributed by atoms with Gasteiger partial charge in [0.25, 0.3) is 0 Å². The smallest absolute Gasteiger partial charge is 0.341 e. The highest BCUT2D eigenvalue weighted by atomic mass is 32.2. The van der Waals surface area contributed by atoms with Crippen LogP contribution in [0.3, 0.4) is 0 Å². The molecule has 25 heavy (non-hydrogen) atoms. The number of hydrogen-bond acceptors (Lipinski definition) is 5. The predicted molar refractivity (Wildman–Crippen MR) is 106 cm³/mol. The third-order valence-electron chi connectivity index (χ3n) is 3.76. The number of benzene rings is 1. The fourth-order valence-corrected chi connectivity index (χ4v) is 3.90. The first-order valence-electron chi connectivity index (χ1n) is 8.21.